The number of carbonyl (C=O) groups is 5. The van der Waals surface area contributed by atoms with E-state index in [-0.39, 0.29) is 67.8 Å². The predicted molar refractivity (Wildman–Crippen MR) is 256 cm³/mol. The number of cyclic esters (lactones) is 1. The Labute approximate surface area is 405 Å². The van der Waals surface area contributed by atoms with Gasteiger partial charge in [-0.3, -0.25) is 19.2 Å². The van der Waals surface area contributed by atoms with E-state index in [0.717, 1.165) is 12.0 Å². The van der Waals surface area contributed by atoms with Gasteiger partial charge in [0.05, 0.1) is 37.6 Å². The number of hydrogen-bond donors (Lipinski definition) is 3. The zero-order chi connectivity index (χ0) is 50.3. The lowest BCUT2D eigenvalue weighted by Gasteiger charge is -2.43. The number of piperidine rings is 1. The van der Waals surface area contributed by atoms with Crippen LogP contribution in [0.3, 0.4) is 0 Å². The lowest BCUT2D eigenvalue weighted by Crippen LogP contribution is -2.61. The van der Waals surface area contributed by atoms with Crippen LogP contribution in [0, 0.1) is 35.5 Å². The molecular weight excluding hydrogens is 875 g/mol. The summed E-state index contributed by atoms with van der Waals surface area (Å²) in [5.74, 6) is -8.09. The summed E-state index contributed by atoms with van der Waals surface area (Å²) in [5.41, 5.74) is 1.24. The molecule has 1 amide bonds. The Kier molecular flexibility index (Phi) is 22.9. The largest absolute Gasteiger partial charge is 0.460 e. The molecule has 15 heteroatoms. The van der Waals surface area contributed by atoms with Crippen LogP contribution in [0.4, 0.5) is 0 Å². The molecule has 0 aromatic heterocycles. The second-order valence-electron chi connectivity index (χ2n) is 20.2. The number of Topliss-reactive ketones (excluding diaryl/α,β-unsaturated/α-hetero) is 3. The molecular formula is C53H83NO14. The van der Waals surface area contributed by atoms with Gasteiger partial charge in [-0.15, -0.1) is 0 Å². The quantitative estimate of drug-likeness (QED) is 0.102. The number of methoxy groups -OCH3 is 3. The van der Waals surface area contributed by atoms with E-state index in [4.69, 9.17) is 28.4 Å². The molecule has 15 nitrogen and oxygen atoms in total. The number of rotatable bonds is 9. The second-order valence-corrected chi connectivity index (χ2v) is 20.2. The van der Waals surface area contributed by atoms with E-state index in [2.05, 4.69) is 0 Å². The maximum Gasteiger partial charge on any atom is 0.329 e. The molecule has 384 valence electrons. The number of carbonyl (C=O) groups excluding carboxylic acids is 5. The van der Waals surface area contributed by atoms with Crippen molar-refractivity contribution in [2.45, 2.75) is 180 Å². The Morgan fingerprint density at radius 3 is 2.28 bits per heavy atom. The average molecular weight is 958 g/mol. The van der Waals surface area contributed by atoms with E-state index in [0.29, 0.717) is 63.5 Å². The zero-order valence-corrected chi connectivity index (χ0v) is 42.4. The Hall–Kier alpha value is -3.41. The van der Waals surface area contributed by atoms with Crippen molar-refractivity contribution in [2.24, 2.45) is 35.5 Å². The van der Waals surface area contributed by atoms with Gasteiger partial charge in [0.1, 0.15) is 30.1 Å². The topological polar surface area (TPSA) is 205 Å². The number of esters is 1. The van der Waals surface area contributed by atoms with Gasteiger partial charge in [0.15, 0.2) is 5.78 Å². The first kappa shape index (κ1) is 57.2. The van der Waals surface area contributed by atoms with Crippen molar-refractivity contribution in [3.8, 4) is 0 Å². The molecule has 4 aliphatic rings. The standard InChI is InChI=1S/C53H83NO14/c1-32-16-12-11-13-17-33(2)44(66-25-24-63-8)30-40-21-19-38(7)53(62,68-40)50(59)51(60)54-23-15-14-18-41(54)52(61)67-45(35(4)28-39-20-22-42(55)46(29-39)64-9)31-43(56)34(3)27-37(6)48(58)49(65-10)47(57)36(5)26-32/h11-13,16-17,27,32,34-36,38-42,44-46,48-49,55,58,62H,14-15,18-26,28-31H2,1-10H3/b13-11?,16-12+,33-17?,37-27+/t32-,34-,35?,36-,38-,39+,40+,41+,42-,44+,45+,46-,48-,49+,53-/m1/s1. The van der Waals surface area contributed by atoms with Gasteiger partial charge in [0.25, 0.3) is 11.7 Å². The predicted octanol–water partition coefficient (Wildman–Crippen LogP) is 6.20. The van der Waals surface area contributed by atoms with Gasteiger partial charge in [-0.2, -0.15) is 0 Å². The number of hydrogen-bond acceptors (Lipinski definition) is 14. The molecule has 0 spiro atoms. The Balaban J connectivity index is 1.72. The van der Waals surface area contributed by atoms with Crippen LogP contribution in [0.5, 0.6) is 0 Å². The molecule has 1 aliphatic carbocycles. The number of aliphatic hydroxyl groups is 3. The number of amides is 1. The first-order valence-corrected chi connectivity index (χ1v) is 25.0. The number of fused-ring (bicyclic) bond motifs is 3. The lowest BCUT2D eigenvalue weighted by molar-refractivity contribution is -0.266. The molecule has 3 aliphatic heterocycles. The number of ether oxygens (including phenoxy) is 6. The fraction of sp³-hybridized carbons (Fsp3) is 0.755. The summed E-state index contributed by atoms with van der Waals surface area (Å²) >= 11 is 0. The van der Waals surface area contributed by atoms with E-state index in [1.54, 1.807) is 41.1 Å². The van der Waals surface area contributed by atoms with E-state index in [1.807, 2.05) is 58.1 Å². The average Bonchev–Trinajstić information content (AvgIpc) is 3.31. The molecule has 0 aromatic carbocycles. The minimum atomic E-state index is -2.46. The molecule has 68 heavy (non-hydrogen) atoms. The van der Waals surface area contributed by atoms with Crippen molar-refractivity contribution in [2.75, 3.05) is 41.1 Å². The van der Waals surface area contributed by atoms with Gasteiger partial charge in [-0.05, 0) is 107 Å². The van der Waals surface area contributed by atoms with Crippen LogP contribution in [-0.4, -0.2) is 145 Å². The molecule has 3 N–H and O–H groups in total. The van der Waals surface area contributed by atoms with Gasteiger partial charge < -0.3 is 48.6 Å². The number of ketones is 3. The molecule has 1 unspecified atom stereocenters. The number of nitrogens with zero attached hydrogens (tertiary/aromatic N) is 1. The minimum Gasteiger partial charge on any atom is -0.460 e. The van der Waals surface area contributed by atoms with Crippen LogP contribution in [0.1, 0.15) is 126 Å². The van der Waals surface area contributed by atoms with E-state index in [9.17, 15) is 39.3 Å². The minimum absolute atomic E-state index is 0.00394. The normalized spacial score (nSPS) is 37.9. The van der Waals surface area contributed by atoms with Crippen LogP contribution in [-0.2, 0) is 52.4 Å². The lowest BCUT2D eigenvalue weighted by atomic mass is 9.78. The summed E-state index contributed by atoms with van der Waals surface area (Å²) in [6, 6.07) is -1.15. The van der Waals surface area contributed by atoms with Crippen LogP contribution in [0.15, 0.2) is 47.6 Å². The number of aliphatic hydroxyl groups excluding tert-OH is 2. The van der Waals surface area contributed by atoms with Gasteiger partial charge in [-0.25, -0.2) is 4.79 Å². The van der Waals surface area contributed by atoms with Gasteiger partial charge >= 0.3 is 5.97 Å². The summed E-state index contributed by atoms with van der Waals surface area (Å²) in [6.07, 6.45) is 10.9. The summed E-state index contributed by atoms with van der Waals surface area (Å²) in [5, 5.41) is 34.0. The van der Waals surface area contributed by atoms with E-state index >= 15 is 0 Å². The highest BCUT2D eigenvalue weighted by Gasteiger charge is 2.53. The van der Waals surface area contributed by atoms with Gasteiger partial charge in [0.2, 0.25) is 5.79 Å². The molecule has 3 heterocycles. The molecule has 4 rings (SSSR count). The molecule has 0 aromatic rings. The highest BCUT2D eigenvalue weighted by atomic mass is 16.6. The van der Waals surface area contributed by atoms with Crippen molar-refractivity contribution >= 4 is 29.2 Å². The monoisotopic (exact) mass is 958 g/mol. The third-order valence-corrected chi connectivity index (χ3v) is 14.8. The van der Waals surface area contributed by atoms with Gasteiger partial charge in [0, 0.05) is 58.5 Å². The van der Waals surface area contributed by atoms with Crippen LogP contribution < -0.4 is 0 Å². The molecule has 2 saturated heterocycles. The number of allylic oxidation sites excluding steroid dienone is 6. The first-order valence-electron chi connectivity index (χ1n) is 25.0. The molecule has 3 fully saturated rings. The third kappa shape index (κ3) is 15.5. The highest BCUT2D eigenvalue weighted by Crippen LogP contribution is 2.38. The maximum absolute atomic E-state index is 14.4. The zero-order valence-electron chi connectivity index (χ0n) is 42.4. The van der Waals surface area contributed by atoms with Crippen LogP contribution in [0.25, 0.3) is 0 Å². The van der Waals surface area contributed by atoms with Crippen molar-refractivity contribution in [1.29, 1.82) is 0 Å². The summed E-state index contributed by atoms with van der Waals surface area (Å²) in [6.45, 7) is 13.4. The molecule has 1 saturated carbocycles. The fourth-order valence-corrected chi connectivity index (χ4v) is 10.3. The van der Waals surface area contributed by atoms with Crippen molar-refractivity contribution < 1.29 is 67.7 Å². The summed E-state index contributed by atoms with van der Waals surface area (Å²) < 4.78 is 35.1. The Bertz CT molecular complexity index is 1810. The Morgan fingerprint density at radius 1 is 0.853 bits per heavy atom. The molecule has 15 atom stereocenters. The van der Waals surface area contributed by atoms with Gasteiger partial charge in [-0.1, -0.05) is 71.1 Å². The fourth-order valence-electron chi connectivity index (χ4n) is 10.3. The smallest absolute Gasteiger partial charge is 0.329 e. The van der Waals surface area contributed by atoms with Crippen molar-refractivity contribution in [1.82, 2.24) is 4.90 Å². The maximum atomic E-state index is 14.4. The summed E-state index contributed by atoms with van der Waals surface area (Å²) in [7, 11) is 4.52. The van der Waals surface area contributed by atoms with Crippen LogP contribution in [0.2, 0.25) is 0 Å². The summed E-state index contributed by atoms with van der Waals surface area (Å²) in [4.78, 5) is 72.2. The van der Waals surface area contributed by atoms with Crippen LogP contribution >= 0.6 is 0 Å². The van der Waals surface area contributed by atoms with E-state index in [1.165, 1.54) is 12.0 Å². The third-order valence-electron chi connectivity index (χ3n) is 14.8. The Morgan fingerprint density at radius 2 is 1.59 bits per heavy atom. The first-order chi connectivity index (χ1) is 32.2. The second kappa shape index (κ2) is 27.3. The SMILES string of the molecule is COCCO[C@H]1C[C@@H]2CC[C@@H](C)[C@@](O)(O2)C(=O)C(=O)N2CCCC[C@H]2C(=O)O[C@H](C(C)C[C@@H]2CC[C@@H](O)[C@H](OC)C2)CC(=O)[C@H](C)/C=C(\C)[C@@H](O)[C@@H](OC)C(=O)[C@H](C)C[C@H](C)/C=C/C=CC=C1C. The van der Waals surface area contributed by atoms with Crippen molar-refractivity contribution in [3.63, 3.8) is 0 Å². The highest BCUT2D eigenvalue weighted by molar-refractivity contribution is 6.39. The molecule has 2 bridgehead atoms. The van der Waals surface area contributed by atoms with Crippen molar-refractivity contribution in [3.05, 3.63) is 47.6 Å². The van der Waals surface area contributed by atoms with E-state index < -0.39 is 83.9 Å². The molecule has 0 radical (unpaired) electrons.